The number of halogens is 1. The minimum absolute atomic E-state index is 0.264. The standard InChI is InChI=1S/C15H12BrNO3S2/c16-13-6-4-10(20-13)15(19)17-8-9-3-5-12(22-9)14(18)11-2-1-7-21-11/h1-7,14,18H,8H2,(H,17,19)/t14-/m1/s1. The maximum Gasteiger partial charge on any atom is 0.287 e. The van der Waals surface area contributed by atoms with Gasteiger partial charge in [-0.05, 0) is 51.6 Å². The van der Waals surface area contributed by atoms with Gasteiger partial charge >= 0.3 is 0 Å². The van der Waals surface area contributed by atoms with Crippen LogP contribution in [0, 0.1) is 0 Å². The Morgan fingerprint density at radius 2 is 2.14 bits per heavy atom. The van der Waals surface area contributed by atoms with Gasteiger partial charge in [0.2, 0.25) is 0 Å². The van der Waals surface area contributed by atoms with Crippen LogP contribution in [0.15, 0.2) is 50.9 Å². The molecule has 3 rings (SSSR count). The van der Waals surface area contributed by atoms with E-state index in [9.17, 15) is 9.90 Å². The number of nitrogens with one attached hydrogen (secondary N) is 1. The van der Waals surface area contributed by atoms with Gasteiger partial charge < -0.3 is 14.8 Å². The van der Waals surface area contributed by atoms with Crippen molar-refractivity contribution in [3.63, 3.8) is 0 Å². The molecule has 0 unspecified atom stereocenters. The lowest BCUT2D eigenvalue weighted by molar-refractivity contribution is 0.0922. The van der Waals surface area contributed by atoms with Crippen LogP contribution in [0.5, 0.6) is 0 Å². The van der Waals surface area contributed by atoms with Gasteiger partial charge in [-0.3, -0.25) is 4.79 Å². The van der Waals surface area contributed by atoms with Crippen LogP contribution in [0.2, 0.25) is 0 Å². The second-order valence-corrected chi connectivity index (χ2v) is 7.47. The molecule has 22 heavy (non-hydrogen) atoms. The molecule has 2 N–H and O–H groups in total. The number of carbonyl (C=O) groups is 1. The van der Waals surface area contributed by atoms with Crippen LogP contribution in [-0.2, 0) is 6.54 Å². The fourth-order valence-corrected chi connectivity index (χ4v) is 3.98. The Bertz CT molecular complexity index is 763. The lowest BCUT2D eigenvalue weighted by Crippen LogP contribution is -2.21. The summed E-state index contributed by atoms with van der Waals surface area (Å²) in [5.41, 5.74) is 0. The highest BCUT2D eigenvalue weighted by Gasteiger charge is 2.15. The van der Waals surface area contributed by atoms with Gasteiger partial charge in [-0.25, -0.2) is 0 Å². The van der Waals surface area contributed by atoms with E-state index in [1.54, 1.807) is 12.1 Å². The fourth-order valence-electron chi connectivity index (χ4n) is 1.91. The molecule has 0 saturated heterocycles. The Morgan fingerprint density at radius 3 is 2.82 bits per heavy atom. The van der Waals surface area contributed by atoms with Crippen LogP contribution < -0.4 is 5.32 Å². The summed E-state index contributed by atoms with van der Waals surface area (Å²) in [6, 6.07) is 10.9. The van der Waals surface area contributed by atoms with Crippen molar-refractivity contribution < 1.29 is 14.3 Å². The number of furan rings is 1. The summed E-state index contributed by atoms with van der Waals surface area (Å²) in [5.74, 6) is 0.00160. The molecule has 0 radical (unpaired) electrons. The van der Waals surface area contributed by atoms with Crippen LogP contribution in [0.1, 0.15) is 31.3 Å². The van der Waals surface area contributed by atoms with E-state index in [1.807, 2.05) is 29.6 Å². The third-order valence-electron chi connectivity index (χ3n) is 2.98. The van der Waals surface area contributed by atoms with Crippen molar-refractivity contribution in [1.29, 1.82) is 0 Å². The first-order valence-electron chi connectivity index (χ1n) is 6.47. The van der Waals surface area contributed by atoms with E-state index in [4.69, 9.17) is 4.42 Å². The molecule has 0 aromatic carbocycles. The van der Waals surface area contributed by atoms with Gasteiger partial charge in [-0.2, -0.15) is 0 Å². The van der Waals surface area contributed by atoms with Crippen molar-refractivity contribution >= 4 is 44.5 Å². The number of thiophene rings is 2. The Morgan fingerprint density at radius 1 is 1.27 bits per heavy atom. The van der Waals surface area contributed by atoms with Gasteiger partial charge in [-0.15, -0.1) is 22.7 Å². The molecule has 1 amide bonds. The first-order valence-corrected chi connectivity index (χ1v) is 8.96. The minimum Gasteiger partial charge on any atom is -0.444 e. The highest BCUT2D eigenvalue weighted by Crippen LogP contribution is 2.30. The maximum atomic E-state index is 11.9. The number of aliphatic hydroxyl groups excluding tert-OH is 1. The molecule has 7 heteroatoms. The highest BCUT2D eigenvalue weighted by atomic mass is 79.9. The monoisotopic (exact) mass is 397 g/mol. The number of carbonyl (C=O) groups excluding carboxylic acids is 1. The van der Waals surface area contributed by atoms with Crippen LogP contribution >= 0.6 is 38.6 Å². The summed E-state index contributed by atoms with van der Waals surface area (Å²) in [7, 11) is 0. The average Bonchev–Trinajstić information content (AvgIpc) is 3.25. The smallest absolute Gasteiger partial charge is 0.287 e. The summed E-state index contributed by atoms with van der Waals surface area (Å²) in [6.45, 7) is 0.402. The van der Waals surface area contributed by atoms with E-state index in [2.05, 4.69) is 21.2 Å². The van der Waals surface area contributed by atoms with Gasteiger partial charge in [0, 0.05) is 14.6 Å². The Hall–Kier alpha value is -1.41. The fraction of sp³-hybridized carbons (Fsp3) is 0.133. The van der Waals surface area contributed by atoms with Gasteiger partial charge in [0.25, 0.3) is 5.91 Å². The first-order chi connectivity index (χ1) is 10.6. The van der Waals surface area contributed by atoms with E-state index < -0.39 is 6.10 Å². The zero-order chi connectivity index (χ0) is 15.5. The first kappa shape index (κ1) is 15.5. The molecule has 4 nitrogen and oxygen atoms in total. The summed E-state index contributed by atoms with van der Waals surface area (Å²) in [4.78, 5) is 14.6. The lowest BCUT2D eigenvalue weighted by Gasteiger charge is -2.05. The van der Waals surface area contributed by atoms with Crippen molar-refractivity contribution in [2.24, 2.45) is 0 Å². The molecule has 114 valence electrons. The molecule has 0 spiro atoms. The number of aliphatic hydroxyl groups is 1. The van der Waals surface area contributed by atoms with Crippen LogP contribution in [0.25, 0.3) is 0 Å². The molecular weight excluding hydrogens is 386 g/mol. The van der Waals surface area contributed by atoms with Crippen molar-refractivity contribution in [1.82, 2.24) is 5.32 Å². The summed E-state index contributed by atoms with van der Waals surface area (Å²) in [5, 5.41) is 15.0. The number of rotatable bonds is 5. The molecule has 0 fully saturated rings. The zero-order valence-corrected chi connectivity index (χ0v) is 14.5. The van der Waals surface area contributed by atoms with E-state index in [0.717, 1.165) is 14.6 Å². The summed E-state index contributed by atoms with van der Waals surface area (Å²) >= 11 is 6.17. The van der Waals surface area contributed by atoms with E-state index >= 15 is 0 Å². The van der Waals surface area contributed by atoms with Crippen LogP contribution in [0.4, 0.5) is 0 Å². The number of hydrogen-bond acceptors (Lipinski definition) is 5. The van der Waals surface area contributed by atoms with Crippen LogP contribution in [0.3, 0.4) is 0 Å². The molecule has 0 saturated carbocycles. The topological polar surface area (TPSA) is 62.5 Å². The molecule has 0 aliphatic rings. The largest absolute Gasteiger partial charge is 0.444 e. The number of hydrogen-bond donors (Lipinski definition) is 2. The van der Waals surface area contributed by atoms with E-state index in [1.165, 1.54) is 22.7 Å². The molecule has 0 aliphatic carbocycles. The molecular formula is C15H12BrNO3S2. The number of amides is 1. The van der Waals surface area contributed by atoms with E-state index in [-0.39, 0.29) is 11.7 Å². The van der Waals surface area contributed by atoms with Gasteiger partial charge in [0.1, 0.15) is 6.10 Å². The zero-order valence-electron chi connectivity index (χ0n) is 11.3. The van der Waals surface area contributed by atoms with Crippen molar-refractivity contribution in [2.75, 3.05) is 0 Å². The maximum absolute atomic E-state index is 11.9. The minimum atomic E-state index is -0.601. The van der Waals surface area contributed by atoms with Crippen molar-refractivity contribution in [3.05, 3.63) is 66.8 Å². The highest BCUT2D eigenvalue weighted by molar-refractivity contribution is 9.10. The molecule has 3 aromatic heterocycles. The van der Waals surface area contributed by atoms with Gasteiger partial charge in [0.05, 0.1) is 6.54 Å². The Balaban J connectivity index is 1.61. The SMILES string of the molecule is O=C(NCc1ccc([C@H](O)c2cccs2)s1)c1ccc(Br)o1. The Kier molecular flexibility index (Phi) is 4.77. The van der Waals surface area contributed by atoms with Crippen molar-refractivity contribution in [3.8, 4) is 0 Å². The quantitative estimate of drug-likeness (QED) is 0.678. The molecule has 3 aromatic rings. The molecule has 0 bridgehead atoms. The second kappa shape index (κ2) is 6.78. The van der Waals surface area contributed by atoms with Crippen molar-refractivity contribution in [2.45, 2.75) is 12.6 Å². The Labute approximate surface area is 143 Å². The third-order valence-corrected chi connectivity index (χ3v) is 5.47. The summed E-state index contributed by atoms with van der Waals surface area (Å²) in [6.07, 6.45) is -0.601. The predicted molar refractivity (Wildman–Crippen MR) is 90.3 cm³/mol. The average molecular weight is 398 g/mol. The second-order valence-electron chi connectivity index (χ2n) is 4.51. The van der Waals surface area contributed by atoms with Crippen LogP contribution in [-0.4, -0.2) is 11.0 Å². The lowest BCUT2D eigenvalue weighted by atomic mass is 10.2. The normalized spacial score (nSPS) is 12.3. The predicted octanol–water partition coefficient (Wildman–Crippen LogP) is 4.18. The molecule has 0 aliphatic heterocycles. The van der Waals surface area contributed by atoms with Gasteiger partial charge in [0.15, 0.2) is 10.4 Å². The molecule has 3 heterocycles. The summed E-state index contributed by atoms with van der Waals surface area (Å²) < 4.78 is 5.72. The molecule has 1 atom stereocenters. The van der Waals surface area contributed by atoms with E-state index in [0.29, 0.717) is 11.2 Å². The van der Waals surface area contributed by atoms with Gasteiger partial charge in [-0.1, -0.05) is 6.07 Å². The third kappa shape index (κ3) is 3.49.